The number of aromatic carboxylic acids is 1. The number of para-hydroxylation sites is 1. The molecule has 0 aliphatic rings. The quantitative estimate of drug-likeness (QED) is 0.823. The van der Waals surface area contributed by atoms with E-state index in [2.05, 4.69) is 5.32 Å². The summed E-state index contributed by atoms with van der Waals surface area (Å²) in [5.74, 6) is -2.68. The second-order valence-electron chi connectivity index (χ2n) is 4.41. The fourth-order valence-electron chi connectivity index (χ4n) is 1.33. The Morgan fingerprint density at radius 2 is 2.11 bits per heavy atom. The Morgan fingerprint density at radius 3 is 2.68 bits per heavy atom. The van der Waals surface area contributed by atoms with E-state index in [9.17, 15) is 14.0 Å². The van der Waals surface area contributed by atoms with Gasteiger partial charge in [-0.25, -0.2) is 9.18 Å². The van der Waals surface area contributed by atoms with Gasteiger partial charge in [-0.05, 0) is 18.1 Å². The van der Waals surface area contributed by atoms with Gasteiger partial charge in [0.1, 0.15) is 5.56 Å². The zero-order valence-corrected chi connectivity index (χ0v) is 10.8. The zero-order chi connectivity index (χ0) is 14.4. The van der Waals surface area contributed by atoms with Crippen LogP contribution < -0.4 is 10.1 Å². The predicted molar refractivity (Wildman–Crippen MR) is 66.7 cm³/mol. The fraction of sp³-hybridized carbons (Fsp3) is 0.385. The van der Waals surface area contributed by atoms with E-state index < -0.39 is 30.1 Å². The summed E-state index contributed by atoms with van der Waals surface area (Å²) < 4.78 is 18.4. The first-order valence-corrected chi connectivity index (χ1v) is 5.83. The number of ether oxygens (including phenoxy) is 1. The molecule has 0 atom stereocenters. The van der Waals surface area contributed by atoms with Crippen molar-refractivity contribution >= 4 is 11.9 Å². The van der Waals surface area contributed by atoms with Crippen molar-refractivity contribution in [1.82, 2.24) is 5.32 Å². The van der Waals surface area contributed by atoms with E-state index in [1.165, 1.54) is 12.1 Å². The topological polar surface area (TPSA) is 75.6 Å². The van der Waals surface area contributed by atoms with Crippen LogP contribution in [-0.4, -0.2) is 30.1 Å². The molecule has 0 bridgehead atoms. The molecule has 1 aromatic carbocycles. The number of carbonyl (C=O) groups is 2. The third-order valence-corrected chi connectivity index (χ3v) is 2.25. The highest BCUT2D eigenvalue weighted by molar-refractivity contribution is 5.91. The van der Waals surface area contributed by atoms with Crippen LogP contribution in [0.3, 0.4) is 0 Å². The number of carboxylic acids is 1. The molecule has 0 aliphatic heterocycles. The van der Waals surface area contributed by atoms with Gasteiger partial charge in [0.05, 0.1) is 0 Å². The SMILES string of the molecule is CC(C)CNC(=O)COc1c(F)cccc1C(=O)O. The summed E-state index contributed by atoms with van der Waals surface area (Å²) in [6.07, 6.45) is 0. The summed E-state index contributed by atoms with van der Waals surface area (Å²) in [7, 11) is 0. The van der Waals surface area contributed by atoms with Crippen molar-refractivity contribution in [2.24, 2.45) is 5.92 Å². The number of hydrogen-bond donors (Lipinski definition) is 2. The minimum absolute atomic E-state index is 0.284. The third kappa shape index (κ3) is 4.57. The molecule has 5 nitrogen and oxygen atoms in total. The normalized spacial score (nSPS) is 10.3. The largest absolute Gasteiger partial charge is 0.480 e. The summed E-state index contributed by atoms with van der Waals surface area (Å²) in [4.78, 5) is 22.3. The molecule has 0 spiro atoms. The van der Waals surface area contributed by atoms with Crippen LogP contribution in [0.2, 0.25) is 0 Å². The average molecular weight is 269 g/mol. The third-order valence-electron chi connectivity index (χ3n) is 2.25. The minimum Gasteiger partial charge on any atom is -0.480 e. The number of amides is 1. The van der Waals surface area contributed by atoms with Crippen molar-refractivity contribution < 1.29 is 23.8 Å². The minimum atomic E-state index is -1.31. The van der Waals surface area contributed by atoms with Crippen LogP contribution in [0, 0.1) is 11.7 Å². The van der Waals surface area contributed by atoms with Crippen LogP contribution in [0.1, 0.15) is 24.2 Å². The van der Waals surface area contributed by atoms with E-state index in [1.807, 2.05) is 13.8 Å². The van der Waals surface area contributed by atoms with Crippen molar-refractivity contribution in [1.29, 1.82) is 0 Å². The van der Waals surface area contributed by atoms with Gasteiger partial charge in [0.2, 0.25) is 0 Å². The highest BCUT2D eigenvalue weighted by Crippen LogP contribution is 2.22. The summed E-state index contributed by atoms with van der Waals surface area (Å²) in [6, 6.07) is 3.56. The molecular weight excluding hydrogens is 253 g/mol. The van der Waals surface area contributed by atoms with E-state index >= 15 is 0 Å². The molecule has 0 radical (unpaired) electrons. The van der Waals surface area contributed by atoms with Crippen molar-refractivity contribution in [3.05, 3.63) is 29.6 Å². The van der Waals surface area contributed by atoms with Crippen LogP contribution >= 0.6 is 0 Å². The maximum atomic E-state index is 13.5. The second kappa shape index (κ2) is 6.72. The van der Waals surface area contributed by atoms with Crippen LogP contribution in [-0.2, 0) is 4.79 Å². The number of benzene rings is 1. The van der Waals surface area contributed by atoms with E-state index in [0.717, 1.165) is 6.07 Å². The van der Waals surface area contributed by atoms with Crippen LogP contribution in [0.5, 0.6) is 5.75 Å². The lowest BCUT2D eigenvalue weighted by atomic mass is 10.2. The van der Waals surface area contributed by atoms with Crippen molar-refractivity contribution in [3.63, 3.8) is 0 Å². The molecule has 0 heterocycles. The van der Waals surface area contributed by atoms with Gasteiger partial charge >= 0.3 is 5.97 Å². The molecule has 0 saturated heterocycles. The standard InChI is InChI=1S/C13H16FNO4/c1-8(2)6-15-11(16)7-19-12-9(13(17)18)4-3-5-10(12)14/h3-5,8H,6-7H2,1-2H3,(H,15,16)(H,17,18). The maximum Gasteiger partial charge on any atom is 0.339 e. The highest BCUT2D eigenvalue weighted by atomic mass is 19.1. The molecule has 0 aromatic heterocycles. The van der Waals surface area contributed by atoms with Crippen LogP contribution in [0.25, 0.3) is 0 Å². The Balaban J connectivity index is 2.67. The molecule has 1 amide bonds. The maximum absolute atomic E-state index is 13.5. The van der Waals surface area contributed by atoms with Crippen molar-refractivity contribution in [2.75, 3.05) is 13.2 Å². The van der Waals surface area contributed by atoms with Gasteiger partial charge < -0.3 is 15.2 Å². The van der Waals surface area contributed by atoms with Crippen LogP contribution in [0.15, 0.2) is 18.2 Å². The number of carboxylic acid groups (broad SMARTS) is 1. The molecule has 0 saturated carbocycles. The van der Waals surface area contributed by atoms with Gasteiger partial charge in [-0.3, -0.25) is 4.79 Å². The molecule has 104 valence electrons. The molecule has 0 aliphatic carbocycles. The number of nitrogens with one attached hydrogen (secondary N) is 1. The van der Waals surface area contributed by atoms with Crippen molar-refractivity contribution in [2.45, 2.75) is 13.8 Å². The van der Waals surface area contributed by atoms with Gasteiger partial charge in [-0.2, -0.15) is 0 Å². The van der Waals surface area contributed by atoms with Gasteiger partial charge in [0.25, 0.3) is 5.91 Å². The van der Waals surface area contributed by atoms with E-state index in [-0.39, 0.29) is 11.5 Å². The number of hydrogen-bond acceptors (Lipinski definition) is 3. The fourth-order valence-corrected chi connectivity index (χ4v) is 1.33. The summed E-state index contributed by atoms with van der Waals surface area (Å²) in [5, 5.41) is 11.5. The Bertz CT molecular complexity index is 474. The molecule has 1 aromatic rings. The average Bonchev–Trinajstić information content (AvgIpc) is 2.34. The van der Waals surface area contributed by atoms with E-state index in [1.54, 1.807) is 0 Å². The first-order valence-electron chi connectivity index (χ1n) is 5.83. The Hall–Kier alpha value is -2.11. The predicted octanol–water partition coefficient (Wildman–Crippen LogP) is 1.67. The van der Waals surface area contributed by atoms with E-state index in [4.69, 9.17) is 9.84 Å². The number of rotatable bonds is 6. The van der Waals surface area contributed by atoms with Gasteiger partial charge in [0, 0.05) is 6.54 Å². The second-order valence-corrected chi connectivity index (χ2v) is 4.41. The zero-order valence-electron chi connectivity index (χ0n) is 10.8. The first-order chi connectivity index (χ1) is 8.91. The lowest BCUT2D eigenvalue weighted by Gasteiger charge is -2.11. The number of carbonyl (C=O) groups excluding carboxylic acids is 1. The molecule has 19 heavy (non-hydrogen) atoms. The molecule has 2 N–H and O–H groups in total. The Labute approximate surface area is 110 Å². The Morgan fingerprint density at radius 1 is 1.42 bits per heavy atom. The van der Waals surface area contributed by atoms with Gasteiger partial charge in [0.15, 0.2) is 18.2 Å². The lowest BCUT2D eigenvalue weighted by Crippen LogP contribution is -2.32. The molecule has 0 unspecified atom stereocenters. The summed E-state index contributed by atoms with van der Waals surface area (Å²) in [5.41, 5.74) is -0.309. The monoisotopic (exact) mass is 269 g/mol. The van der Waals surface area contributed by atoms with Crippen molar-refractivity contribution in [3.8, 4) is 5.75 Å². The van der Waals surface area contributed by atoms with E-state index in [0.29, 0.717) is 6.54 Å². The highest BCUT2D eigenvalue weighted by Gasteiger charge is 2.16. The summed E-state index contributed by atoms with van der Waals surface area (Å²) in [6.45, 7) is 3.92. The first kappa shape index (κ1) is 14.9. The number of halogens is 1. The molecule has 0 fully saturated rings. The lowest BCUT2D eigenvalue weighted by molar-refractivity contribution is -0.123. The van der Waals surface area contributed by atoms with Crippen LogP contribution in [0.4, 0.5) is 4.39 Å². The summed E-state index contributed by atoms with van der Waals surface area (Å²) >= 11 is 0. The molecule has 6 heteroatoms. The Kier molecular flexibility index (Phi) is 5.29. The van der Waals surface area contributed by atoms with Gasteiger partial charge in [-0.1, -0.05) is 19.9 Å². The smallest absolute Gasteiger partial charge is 0.339 e. The van der Waals surface area contributed by atoms with Gasteiger partial charge in [-0.15, -0.1) is 0 Å². The molecular formula is C13H16FNO4. The molecule has 1 rings (SSSR count).